The summed E-state index contributed by atoms with van der Waals surface area (Å²) in [6.07, 6.45) is 1.13. The van der Waals surface area contributed by atoms with Crippen molar-refractivity contribution in [3.05, 3.63) is 34.1 Å². The van der Waals surface area contributed by atoms with Gasteiger partial charge in [0.25, 0.3) is 0 Å². The predicted molar refractivity (Wildman–Crippen MR) is 71.5 cm³/mol. The van der Waals surface area contributed by atoms with Crippen molar-refractivity contribution < 1.29 is 4.39 Å². The molecular formula is C13H18BrFN2. The minimum atomic E-state index is -0.121. The normalized spacial score (nSPS) is 22.4. The standard InChI is InChI=1S/C13H18BrFN2/c1-10-8-17(6-2-5-16-10)9-11-3-4-12(14)7-13(11)15/h3-4,7,10,16H,2,5-6,8-9H2,1H3. The molecule has 17 heavy (non-hydrogen) atoms. The lowest BCUT2D eigenvalue weighted by Crippen LogP contribution is -2.35. The van der Waals surface area contributed by atoms with E-state index < -0.39 is 0 Å². The van der Waals surface area contributed by atoms with Crippen molar-refractivity contribution in [3.8, 4) is 0 Å². The summed E-state index contributed by atoms with van der Waals surface area (Å²) < 4.78 is 14.5. The van der Waals surface area contributed by atoms with Gasteiger partial charge < -0.3 is 5.32 Å². The van der Waals surface area contributed by atoms with Crippen molar-refractivity contribution in [1.29, 1.82) is 0 Å². The number of hydrogen-bond acceptors (Lipinski definition) is 2. The van der Waals surface area contributed by atoms with Crippen molar-refractivity contribution >= 4 is 15.9 Å². The number of nitrogens with zero attached hydrogens (tertiary/aromatic N) is 1. The molecule has 2 rings (SSSR count). The van der Waals surface area contributed by atoms with Gasteiger partial charge in [-0.25, -0.2) is 4.39 Å². The predicted octanol–water partition coefficient (Wildman–Crippen LogP) is 2.77. The first-order chi connectivity index (χ1) is 8.15. The Kier molecular flexibility index (Phi) is 4.54. The molecule has 1 aliphatic heterocycles. The summed E-state index contributed by atoms with van der Waals surface area (Å²) in [5.74, 6) is -0.121. The van der Waals surface area contributed by atoms with Gasteiger partial charge in [-0.1, -0.05) is 22.0 Å². The minimum Gasteiger partial charge on any atom is -0.313 e. The van der Waals surface area contributed by atoms with E-state index in [1.54, 1.807) is 0 Å². The van der Waals surface area contributed by atoms with E-state index in [4.69, 9.17) is 0 Å². The summed E-state index contributed by atoms with van der Waals surface area (Å²) in [5, 5.41) is 3.44. The molecule has 0 aliphatic carbocycles. The maximum Gasteiger partial charge on any atom is 0.128 e. The highest BCUT2D eigenvalue weighted by Gasteiger charge is 2.15. The van der Waals surface area contributed by atoms with Crippen LogP contribution in [0.3, 0.4) is 0 Å². The van der Waals surface area contributed by atoms with Gasteiger partial charge in [-0.2, -0.15) is 0 Å². The highest BCUT2D eigenvalue weighted by atomic mass is 79.9. The van der Waals surface area contributed by atoms with Crippen molar-refractivity contribution in [2.45, 2.75) is 25.9 Å². The second-order valence-electron chi connectivity index (χ2n) is 4.68. The molecule has 1 saturated heterocycles. The van der Waals surface area contributed by atoms with Crippen LogP contribution in [0.15, 0.2) is 22.7 Å². The first-order valence-corrected chi connectivity index (χ1v) is 6.84. The molecule has 4 heteroatoms. The number of halogens is 2. The maximum absolute atomic E-state index is 13.7. The van der Waals surface area contributed by atoms with Gasteiger partial charge in [0.2, 0.25) is 0 Å². The highest BCUT2D eigenvalue weighted by Crippen LogP contribution is 2.17. The highest BCUT2D eigenvalue weighted by molar-refractivity contribution is 9.10. The Morgan fingerprint density at radius 3 is 3.12 bits per heavy atom. The van der Waals surface area contributed by atoms with Crippen LogP contribution in [-0.2, 0) is 6.54 Å². The van der Waals surface area contributed by atoms with Crippen molar-refractivity contribution in [2.75, 3.05) is 19.6 Å². The number of rotatable bonds is 2. The minimum absolute atomic E-state index is 0.121. The Morgan fingerprint density at radius 1 is 1.53 bits per heavy atom. The topological polar surface area (TPSA) is 15.3 Å². The molecule has 94 valence electrons. The zero-order valence-corrected chi connectivity index (χ0v) is 11.6. The molecule has 1 aliphatic rings. The molecular weight excluding hydrogens is 283 g/mol. The van der Waals surface area contributed by atoms with Gasteiger partial charge in [-0.15, -0.1) is 0 Å². The van der Waals surface area contributed by atoms with Gasteiger partial charge >= 0.3 is 0 Å². The molecule has 1 unspecified atom stereocenters. The lowest BCUT2D eigenvalue weighted by molar-refractivity contribution is 0.261. The van der Waals surface area contributed by atoms with Crippen LogP contribution in [0.2, 0.25) is 0 Å². The van der Waals surface area contributed by atoms with Crippen LogP contribution in [0.1, 0.15) is 18.9 Å². The molecule has 1 aromatic carbocycles. The van der Waals surface area contributed by atoms with E-state index in [0.29, 0.717) is 12.6 Å². The third kappa shape index (κ3) is 3.76. The van der Waals surface area contributed by atoms with Crippen LogP contribution >= 0.6 is 15.9 Å². The Morgan fingerprint density at radius 2 is 2.35 bits per heavy atom. The van der Waals surface area contributed by atoms with Crippen LogP contribution in [0.25, 0.3) is 0 Å². The Balaban J connectivity index is 2.03. The summed E-state index contributed by atoms with van der Waals surface area (Å²) in [5.41, 5.74) is 0.780. The molecule has 0 aromatic heterocycles. The van der Waals surface area contributed by atoms with E-state index in [1.807, 2.05) is 12.1 Å². The van der Waals surface area contributed by atoms with E-state index >= 15 is 0 Å². The van der Waals surface area contributed by atoms with E-state index in [9.17, 15) is 4.39 Å². The number of benzene rings is 1. The van der Waals surface area contributed by atoms with Crippen molar-refractivity contribution in [2.24, 2.45) is 0 Å². The average molecular weight is 301 g/mol. The van der Waals surface area contributed by atoms with Gasteiger partial charge in [0.05, 0.1) is 0 Å². The fourth-order valence-corrected chi connectivity index (χ4v) is 2.56. The molecule has 1 N–H and O–H groups in total. The first kappa shape index (κ1) is 13.0. The Bertz CT molecular complexity index is 384. The molecule has 1 aromatic rings. The third-order valence-electron chi connectivity index (χ3n) is 3.09. The maximum atomic E-state index is 13.7. The Hall–Kier alpha value is -0.450. The van der Waals surface area contributed by atoms with Crippen LogP contribution < -0.4 is 5.32 Å². The lowest BCUT2D eigenvalue weighted by atomic mass is 10.2. The lowest BCUT2D eigenvalue weighted by Gasteiger charge is -2.22. The smallest absolute Gasteiger partial charge is 0.128 e. The largest absolute Gasteiger partial charge is 0.313 e. The van der Waals surface area contributed by atoms with Crippen molar-refractivity contribution in [1.82, 2.24) is 10.2 Å². The van der Waals surface area contributed by atoms with E-state index in [1.165, 1.54) is 6.07 Å². The second-order valence-corrected chi connectivity index (χ2v) is 5.60. The quantitative estimate of drug-likeness (QED) is 0.903. The van der Waals surface area contributed by atoms with Crippen LogP contribution in [0.4, 0.5) is 4.39 Å². The summed E-state index contributed by atoms with van der Waals surface area (Å²) >= 11 is 3.28. The summed E-state index contributed by atoms with van der Waals surface area (Å²) in [6, 6.07) is 5.78. The SMILES string of the molecule is CC1CN(Cc2ccc(Br)cc2F)CCCN1. The van der Waals surface area contributed by atoms with Gasteiger partial charge in [0.15, 0.2) is 0 Å². The molecule has 0 amide bonds. The molecule has 0 radical (unpaired) electrons. The summed E-state index contributed by atoms with van der Waals surface area (Å²) in [7, 11) is 0. The van der Waals surface area contributed by atoms with Crippen LogP contribution in [0.5, 0.6) is 0 Å². The fraction of sp³-hybridized carbons (Fsp3) is 0.538. The number of nitrogens with one attached hydrogen (secondary N) is 1. The fourth-order valence-electron chi connectivity index (χ4n) is 2.23. The van der Waals surface area contributed by atoms with Gasteiger partial charge in [-0.05, 0) is 38.6 Å². The van der Waals surface area contributed by atoms with Gasteiger partial charge in [0.1, 0.15) is 5.82 Å². The van der Waals surface area contributed by atoms with Crippen LogP contribution in [-0.4, -0.2) is 30.6 Å². The monoisotopic (exact) mass is 300 g/mol. The summed E-state index contributed by atoms with van der Waals surface area (Å²) in [4.78, 5) is 2.32. The first-order valence-electron chi connectivity index (χ1n) is 6.05. The van der Waals surface area contributed by atoms with Crippen molar-refractivity contribution in [3.63, 3.8) is 0 Å². The van der Waals surface area contributed by atoms with Gasteiger partial charge in [0, 0.05) is 29.2 Å². The molecule has 0 bridgehead atoms. The zero-order chi connectivity index (χ0) is 12.3. The molecule has 0 saturated carbocycles. The summed E-state index contributed by atoms with van der Waals surface area (Å²) in [6.45, 7) is 5.95. The van der Waals surface area contributed by atoms with Crippen LogP contribution in [0, 0.1) is 5.82 Å². The number of hydrogen-bond donors (Lipinski definition) is 1. The Labute approximate surface area is 110 Å². The molecule has 1 heterocycles. The second kappa shape index (κ2) is 5.94. The molecule has 1 atom stereocenters. The van der Waals surface area contributed by atoms with E-state index in [0.717, 1.165) is 36.1 Å². The molecule has 1 fully saturated rings. The third-order valence-corrected chi connectivity index (χ3v) is 3.58. The average Bonchev–Trinajstić information content (AvgIpc) is 2.47. The van der Waals surface area contributed by atoms with E-state index in [2.05, 4.69) is 33.1 Å². The molecule has 0 spiro atoms. The molecule has 2 nitrogen and oxygen atoms in total. The zero-order valence-electron chi connectivity index (χ0n) is 10.0. The van der Waals surface area contributed by atoms with Gasteiger partial charge in [-0.3, -0.25) is 4.90 Å². The van der Waals surface area contributed by atoms with E-state index in [-0.39, 0.29) is 5.82 Å².